The molecule has 1 amide bonds. The van der Waals surface area contributed by atoms with Crippen LogP contribution in [-0.2, 0) is 0 Å². The SMILES string of the molecule is CCCOc1cccc(C(=O)N(CCBr)CC(F)F)c1. The Morgan fingerprint density at radius 1 is 1.45 bits per heavy atom. The van der Waals surface area contributed by atoms with Gasteiger partial charge in [0, 0.05) is 17.4 Å². The minimum Gasteiger partial charge on any atom is -0.494 e. The molecule has 0 aliphatic heterocycles. The third kappa shape index (κ3) is 5.45. The molecular weight excluding hydrogens is 332 g/mol. The van der Waals surface area contributed by atoms with Gasteiger partial charge in [-0.25, -0.2) is 8.78 Å². The summed E-state index contributed by atoms with van der Waals surface area (Å²) >= 11 is 3.17. The zero-order valence-electron chi connectivity index (χ0n) is 11.3. The molecule has 1 rings (SSSR count). The molecular formula is C14H18BrF2NO2. The third-order valence-electron chi connectivity index (χ3n) is 2.55. The molecule has 3 nitrogen and oxygen atoms in total. The van der Waals surface area contributed by atoms with Gasteiger partial charge in [0.25, 0.3) is 12.3 Å². The van der Waals surface area contributed by atoms with Crippen LogP contribution < -0.4 is 4.74 Å². The highest BCUT2D eigenvalue weighted by Crippen LogP contribution is 2.16. The van der Waals surface area contributed by atoms with Crippen LogP contribution in [0, 0.1) is 0 Å². The van der Waals surface area contributed by atoms with Gasteiger partial charge in [-0.1, -0.05) is 28.9 Å². The second-order valence-corrected chi connectivity index (χ2v) is 5.00. The highest BCUT2D eigenvalue weighted by Gasteiger charge is 2.19. The highest BCUT2D eigenvalue weighted by atomic mass is 79.9. The lowest BCUT2D eigenvalue weighted by Crippen LogP contribution is -2.36. The summed E-state index contributed by atoms with van der Waals surface area (Å²) in [6.45, 7) is 2.21. The van der Waals surface area contributed by atoms with Crippen LogP contribution >= 0.6 is 15.9 Å². The largest absolute Gasteiger partial charge is 0.494 e. The van der Waals surface area contributed by atoms with Gasteiger partial charge in [0.15, 0.2) is 0 Å². The quantitative estimate of drug-likeness (QED) is 0.671. The highest BCUT2D eigenvalue weighted by molar-refractivity contribution is 9.09. The average molecular weight is 350 g/mol. The number of carbonyl (C=O) groups is 1. The molecule has 0 heterocycles. The summed E-state index contributed by atoms with van der Waals surface area (Å²) in [6, 6.07) is 6.62. The van der Waals surface area contributed by atoms with Crippen molar-refractivity contribution in [1.29, 1.82) is 0 Å². The van der Waals surface area contributed by atoms with Crippen LogP contribution in [0.15, 0.2) is 24.3 Å². The maximum Gasteiger partial charge on any atom is 0.255 e. The van der Waals surface area contributed by atoms with E-state index >= 15 is 0 Å². The summed E-state index contributed by atoms with van der Waals surface area (Å²) in [5.74, 6) is 0.167. The summed E-state index contributed by atoms with van der Waals surface area (Å²) in [5.41, 5.74) is 0.361. The molecule has 0 saturated carbocycles. The summed E-state index contributed by atoms with van der Waals surface area (Å²) in [4.78, 5) is 13.3. The monoisotopic (exact) mass is 349 g/mol. The normalized spacial score (nSPS) is 10.7. The number of halogens is 3. The Morgan fingerprint density at radius 2 is 2.20 bits per heavy atom. The minimum atomic E-state index is -2.54. The van der Waals surface area contributed by atoms with E-state index in [0.29, 0.717) is 23.2 Å². The van der Waals surface area contributed by atoms with Gasteiger partial charge in [-0.2, -0.15) is 0 Å². The maximum atomic E-state index is 12.5. The zero-order chi connectivity index (χ0) is 15.0. The lowest BCUT2D eigenvalue weighted by atomic mass is 10.2. The molecule has 0 radical (unpaired) electrons. The van der Waals surface area contributed by atoms with Crippen molar-refractivity contribution in [3.8, 4) is 5.75 Å². The predicted octanol–water partition coefficient (Wildman–Crippen LogP) is 3.58. The fourth-order valence-electron chi connectivity index (χ4n) is 1.67. The first-order chi connectivity index (χ1) is 9.58. The van der Waals surface area contributed by atoms with E-state index in [-0.39, 0.29) is 6.54 Å². The fraction of sp³-hybridized carbons (Fsp3) is 0.500. The van der Waals surface area contributed by atoms with E-state index in [9.17, 15) is 13.6 Å². The van der Waals surface area contributed by atoms with Crippen molar-refractivity contribution < 1.29 is 18.3 Å². The Bertz CT molecular complexity index is 429. The fourth-order valence-corrected chi connectivity index (χ4v) is 2.09. The topological polar surface area (TPSA) is 29.5 Å². The van der Waals surface area contributed by atoms with Gasteiger partial charge >= 0.3 is 0 Å². The van der Waals surface area contributed by atoms with Crippen LogP contribution in [0.1, 0.15) is 23.7 Å². The van der Waals surface area contributed by atoms with Gasteiger partial charge in [0.05, 0.1) is 13.2 Å². The van der Waals surface area contributed by atoms with Gasteiger partial charge in [0.2, 0.25) is 0 Å². The molecule has 0 bridgehead atoms. The van der Waals surface area contributed by atoms with Gasteiger partial charge in [0.1, 0.15) is 5.75 Å². The maximum absolute atomic E-state index is 12.5. The summed E-state index contributed by atoms with van der Waals surface area (Å²) < 4.78 is 30.4. The van der Waals surface area contributed by atoms with E-state index in [2.05, 4.69) is 15.9 Å². The Kier molecular flexibility index (Phi) is 7.51. The van der Waals surface area contributed by atoms with Crippen LogP contribution in [0.2, 0.25) is 0 Å². The Hall–Kier alpha value is -1.17. The predicted molar refractivity (Wildman–Crippen MR) is 77.9 cm³/mol. The molecule has 112 valence electrons. The van der Waals surface area contributed by atoms with Crippen molar-refractivity contribution in [3.05, 3.63) is 29.8 Å². The Labute approximate surface area is 126 Å². The van der Waals surface area contributed by atoms with E-state index < -0.39 is 18.9 Å². The molecule has 20 heavy (non-hydrogen) atoms. The minimum absolute atomic E-state index is 0.239. The van der Waals surface area contributed by atoms with Gasteiger partial charge in [-0.3, -0.25) is 4.79 Å². The molecule has 0 aliphatic carbocycles. The summed E-state index contributed by atoms with van der Waals surface area (Å²) in [6.07, 6.45) is -1.68. The van der Waals surface area contributed by atoms with Crippen molar-refractivity contribution >= 4 is 21.8 Å². The molecule has 0 fully saturated rings. The molecule has 0 atom stereocenters. The second kappa shape index (κ2) is 8.89. The zero-order valence-corrected chi connectivity index (χ0v) is 12.9. The molecule has 0 spiro atoms. The number of nitrogens with zero attached hydrogens (tertiary/aromatic N) is 1. The first kappa shape index (κ1) is 16.9. The lowest BCUT2D eigenvalue weighted by Gasteiger charge is -2.21. The molecule has 1 aromatic rings. The van der Waals surface area contributed by atoms with Crippen molar-refractivity contribution in [2.24, 2.45) is 0 Å². The van der Waals surface area contributed by atoms with Crippen molar-refractivity contribution in [2.45, 2.75) is 19.8 Å². The third-order valence-corrected chi connectivity index (χ3v) is 2.91. The number of alkyl halides is 3. The van der Waals surface area contributed by atoms with Crippen LogP contribution in [0.3, 0.4) is 0 Å². The molecule has 0 N–H and O–H groups in total. The van der Waals surface area contributed by atoms with Crippen LogP contribution in [0.25, 0.3) is 0 Å². The number of rotatable bonds is 8. The summed E-state index contributed by atoms with van der Waals surface area (Å²) in [5, 5.41) is 0.456. The standard InChI is InChI=1S/C14H18BrF2NO2/c1-2-8-20-12-5-3-4-11(9-12)14(19)18(7-6-15)10-13(16)17/h3-5,9,13H,2,6-8,10H2,1H3. The second-order valence-electron chi connectivity index (χ2n) is 4.21. The molecule has 1 aromatic carbocycles. The summed E-state index contributed by atoms with van der Waals surface area (Å²) in [7, 11) is 0. The van der Waals surface area contributed by atoms with Crippen LogP contribution in [0.4, 0.5) is 8.78 Å². The number of amides is 1. The number of carbonyl (C=O) groups excluding carboxylic acids is 1. The Balaban J connectivity index is 2.82. The molecule has 6 heteroatoms. The van der Waals surface area contributed by atoms with Gasteiger partial charge in [-0.05, 0) is 24.6 Å². The van der Waals surface area contributed by atoms with Crippen LogP contribution in [0.5, 0.6) is 5.75 Å². The lowest BCUT2D eigenvalue weighted by molar-refractivity contribution is 0.0572. The number of hydrogen-bond acceptors (Lipinski definition) is 2. The number of benzene rings is 1. The van der Waals surface area contributed by atoms with Crippen molar-refractivity contribution in [2.75, 3.05) is 25.0 Å². The molecule has 0 aromatic heterocycles. The van der Waals surface area contributed by atoms with E-state index in [1.54, 1.807) is 24.3 Å². The number of hydrogen-bond donors (Lipinski definition) is 0. The molecule has 0 unspecified atom stereocenters. The Morgan fingerprint density at radius 3 is 2.80 bits per heavy atom. The van der Waals surface area contributed by atoms with E-state index in [1.165, 1.54) is 0 Å². The van der Waals surface area contributed by atoms with Crippen molar-refractivity contribution in [3.63, 3.8) is 0 Å². The first-order valence-corrected chi connectivity index (χ1v) is 7.56. The van der Waals surface area contributed by atoms with Gasteiger partial charge < -0.3 is 9.64 Å². The first-order valence-electron chi connectivity index (χ1n) is 6.44. The number of ether oxygens (including phenoxy) is 1. The van der Waals surface area contributed by atoms with Gasteiger partial charge in [-0.15, -0.1) is 0 Å². The average Bonchev–Trinajstić information content (AvgIpc) is 2.43. The molecule has 0 aliphatic rings. The van der Waals surface area contributed by atoms with Crippen LogP contribution in [-0.4, -0.2) is 42.3 Å². The van der Waals surface area contributed by atoms with E-state index in [1.807, 2.05) is 6.92 Å². The smallest absolute Gasteiger partial charge is 0.255 e. The van der Waals surface area contributed by atoms with E-state index in [0.717, 1.165) is 11.3 Å². The van der Waals surface area contributed by atoms with E-state index in [4.69, 9.17) is 4.74 Å². The molecule has 0 saturated heterocycles. The van der Waals surface area contributed by atoms with Crippen molar-refractivity contribution in [1.82, 2.24) is 4.90 Å².